The molecule has 0 heterocycles. The Labute approximate surface area is 243 Å². The van der Waals surface area contributed by atoms with E-state index in [0.717, 1.165) is 4.31 Å². The molecule has 0 bridgehead atoms. The van der Waals surface area contributed by atoms with Crippen molar-refractivity contribution in [3.05, 3.63) is 87.4 Å². The maximum absolute atomic E-state index is 13.8. The number of carbonyl (C=O) groups excluding carboxylic acids is 2. The summed E-state index contributed by atoms with van der Waals surface area (Å²) in [6.07, 6.45) is 0. The van der Waals surface area contributed by atoms with Gasteiger partial charge in [0.15, 0.2) is 0 Å². The van der Waals surface area contributed by atoms with Crippen molar-refractivity contribution in [2.45, 2.75) is 31.3 Å². The van der Waals surface area contributed by atoms with E-state index in [1.165, 1.54) is 42.3 Å². The minimum Gasteiger partial charge on any atom is -0.495 e. The quantitative estimate of drug-likeness (QED) is 0.313. The number of sulfonamides is 1. The summed E-state index contributed by atoms with van der Waals surface area (Å²) in [7, 11) is -2.78. The molecule has 3 aromatic rings. The average molecular weight is 613 g/mol. The molecule has 0 aliphatic carbocycles. The van der Waals surface area contributed by atoms with E-state index in [4.69, 9.17) is 39.5 Å². The monoisotopic (exact) mass is 611 g/mol. The molecule has 0 aliphatic rings. The minimum absolute atomic E-state index is 0.0162. The summed E-state index contributed by atoms with van der Waals surface area (Å²) in [5.41, 5.74) is 0.761. The number of nitrogens with zero attached hydrogens (tertiary/aromatic N) is 2. The summed E-state index contributed by atoms with van der Waals surface area (Å²) in [4.78, 5) is 27.9. The number of carbonyl (C=O) groups is 2. The Morgan fingerprint density at radius 2 is 1.64 bits per heavy atom. The second-order valence-electron chi connectivity index (χ2n) is 8.48. The van der Waals surface area contributed by atoms with Gasteiger partial charge in [-0.2, -0.15) is 0 Å². The van der Waals surface area contributed by atoms with Gasteiger partial charge in [-0.3, -0.25) is 13.9 Å². The molecule has 0 fully saturated rings. The zero-order chi connectivity index (χ0) is 28.7. The summed E-state index contributed by atoms with van der Waals surface area (Å²) < 4.78 is 33.7. The van der Waals surface area contributed by atoms with Crippen LogP contribution < -0.4 is 14.4 Å². The van der Waals surface area contributed by atoms with Crippen LogP contribution in [0.15, 0.2) is 71.6 Å². The van der Waals surface area contributed by atoms with Gasteiger partial charge in [0.1, 0.15) is 18.3 Å². The van der Waals surface area contributed by atoms with Gasteiger partial charge in [0, 0.05) is 13.1 Å². The summed E-state index contributed by atoms with van der Waals surface area (Å²) >= 11 is 18.5. The largest absolute Gasteiger partial charge is 0.495 e. The molecule has 3 aromatic carbocycles. The number of benzene rings is 3. The molecule has 0 saturated carbocycles. The lowest BCUT2D eigenvalue weighted by atomic mass is 10.1. The maximum Gasteiger partial charge on any atom is 0.264 e. The van der Waals surface area contributed by atoms with Crippen molar-refractivity contribution in [1.29, 1.82) is 0 Å². The fourth-order valence-corrected chi connectivity index (χ4v) is 5.80. The number of nitrogens with one attached hydrogen (secondary N) is 1. The van der Waals surface area contributed by atoms with Crippen LogP contribution in [0, 0.1) is 0 Å². The van der Waals surface area contributed by atoms with Crippen molar-refractivity contribution in [3.63, 3.8) is 0 Å². The van der Waals surface area contributed by atoms with Gasteiger partial charge in [0.05, 0.1) is 32.8 Å². The van der Waals surface area contributed by atoms with E-state index in [1.54, 1.807) is 50.2 Å². The van der Waals surface area contributed by atoms with E-state index < -0.39 is 34.4 Å². The van der Waals surface area contributed by atoms with Crippen molar-refractivity contribution in [3.8, 4) is 5.75 Å². The summed E-state index contributed by atoms with van der Waals surface area (Å²) in [6.45, 7) is 3.07. The Balaban J connectivity index is 2.06. The number of rotatable bonds is 11. The number of amides is 2. The number of halogens is 3. The van der Waals surface area contributed by atoms with E-state index >= 15 is 0 Å². The highest BCUT2D eigenvalue weighted by atomic mass is 35.5. The Hall–Kier alpha value is -2.98. The van der Waals surface area contributed by atoms with Crippen LogP contribution in [0.4, 0.5) is 5.69 Å². The number of hydrogen-bond donors (Lipinski definition) is 1. The lowest BCUT2D eigenvalue weighted by Crippen LogP contribution is -2.51. The number of anilines is 1. The second kappa shape index (κ2) is 13.4. The molecule has 1 atom stereocenters. The van der Waals surface area contributed by atoms with E-state index in [2.05, 4.69) is 5.32 Å². The Kier molecular flexibility index (Phi) is 10.5. The van der Waals surface area contributed by atoms with Gasteiger partial charge in [-0.05, 0) is 61.9 Å². The topological polar surface area (TPSA) is 96.0 Å². The van der Waals surface area contributed by atoms with Crippen LogP contribution in [0.2, 0.25) is 15.1 Å². The summed E-state index contributed by atoms with van der Waals surface area (Å²) in [5.74, 6) is -0.669. The molecule has 39 heavy (non-hydrogen) atoms. The summed E-state index contributed by atoms with van der Waals surface area (Å²) in [6, 6.07) is 16.1. The zero-order valence-electron chi connectivity index (χ0n) is 21.5. The highest BCUT2D eigenvalue weighted by molar-refractivity contribution is 7.92. The fraction of sp³-hybridized carbons (Fsp3) is 0.259. The van der Waals surface area contributed by atoms with Gasteiger partial charge in [-0.15, -0.1) is 0 Å². The van der Waals surface area contributed by atoms with Gasteiger partial charge in [0.2, 0.25) is 11.8 Å². The summed E-state index contributed by atoms with van der Waals surface area (Å²) in [5, 5.41) is 3.50. The maximum atomic E-state index is 13.8. The molecule has 1 unspecified atom stereocenters. The molecule has 0 radical (unpaired) electrons. The van der Waals surface area contributed by atoms with E-state index in [0.29, 0.717) is 22.9 Å². The molecule has 0 aliphatic heterocycles. The van der Waals surface area contributed by atoms with Crippen molar-refractivity contribution in [1.82, 2.24) is 10.2 Å². The predicted molar refractivity (Wildman–Crippen MR) is 154 cm³/mol. The molecule has 0 aromatic heterocycles. The molecule has 12 heteroatoms. The fourth-order valence-electron chi connectivity index (χ4n) is 3.80. The number of ether oxygens (including phenoxy) is 1. The first-order chi connectivity index (χ1) is 18.5. The van der Waals surface area contributed by atoms with Crippen LogP contribution in [-0.4, -0.2) is 51.4 Å². The SMILES string of the molecule is CCNC(=O)C(C)N(Cc1ccc(Cl)c(Cl)c1)C(=O)CN(c1ccc(OC)c(Cl)c1)S(=O)(=O)c1ccccc1. The smallest absolute Gasteiger partial charge is 0.264 e. The van der Waals surface area contributed by atoms with Crippen LogP contribution in [0.25, 0.3) is 0 Å². The van der Waals surface area contributed by atoms with Crippen LogP contribution in [-0.2, 0) is 26.2 Å². The number of methoxy groups -OCH3 is 1. The van der Waals surface area contributed by atoms with Gasteiger partial charge in [-0.1, -0.05) is 59.1 Å². The van der Waals surface area contributed by atoms with Crippen LogP contribution in [0.5, 0.6) is 5.75 Å². The third-order valence-electron chi connectivity index (χ3n) is 5.89. The normalized spacial score (nSPS) is 11.9. The predicted octanol–water partition coefficient (Wildman–Crippen LogP) is 5.40. The number of hydrogen-bond acceptors (Lipinski definition) is 5. The highest BCUT2D eigenvalue weighted by Crippen LogP contribution is 2.32. The van der Waals surface area contributed by atoms with Crippen molar-refractivity contribution in [2.24, 2.45) is 0 Å². The Bertz CT molecular complexity index is 1440. The van der Waals surface area contributed by atoms with Crippen molar-refractivity contribution < 1.29 is 22.7 Å². The second-order valence-corrected chi connectivity index (χ2v) is 11.6. The molecule has 1 N–H and O–H groups in total. The van der Waals surface area contributed by atoms with Crippen molar-refractivity contribution >= 4 is 62.3 Å². The highest BCUT2D eigenvalue weighted by Gasteiger charge is 2.32. The molecular weight excluding hydrogens is 585 g/mol. The molecule has 2 amide bonds. The van der Waals surface area contributed by atoms with E-state index in [-0.39, 0.29) is 27.2 Å². The zero-order valence-corrected chi connectivity index (χ0v) is 24.6. The van der Waals surface area contributed by atoms with Crippen LogP contribution in [0.3, 0.4) is 0 Å². The van der Waals surface area contributed by atoms with Gasteiger partial charge in [-0.25, -0.2) is 8.42 Å². The minimum atomic E-state index is -4.21. The standard InChI is InChI=1S/C27H28Cl3N3O5S/c1-4-31-27(35)18(2)32(16-19-10-12-22(28)23(29)14-19)26(34)17-33(20-11-13-25(38-3)24(30)15-20)39(36,37)21-8-6-5-7-9-21/h5-15,18H,4,16-17H2,1-3H3,(H,31,35). The van der Waals surface area contributed by atoms with Crippen LogP contribution in [0.1, 0.15) is 19.4 Å². The van der Waals surface area contributed by atoms with Crippen molar-refractivity contribution in [2.75, 3.05) is 24.5 Å². The van der Waals surface area contributed by atoms with E-state index in [1.807, 2.05) is 0 Å². The first-order valence-electron chi connectivity index (χ1n) is 11.9. The lowest BCUT2D eigenvalue weighted by Gasteiger charge is -2.32. The van der Waals surface area contributed by atoms with Crippen LogP contribution >= 0.6 is 34.8 Å². The van der Waals surface area contributed by atoms with E-state index in [9.17, 15) is 18.0 Å². The van der Waals surface area contributed by atoms with Gasteiger partial charge >= 0.3 is 0 Å². The van der Waals surface area contributed by atoms with Gasteiger partial charge in [0.25, 0.3) is 10.0 Å². The Morgan fingerprint density at radius 1 is 0.949 bits per heavy atom. The number of likely N-dealkylation sites (N-methyl/N-ethyl adjacent to an activating group) is 1. The first kappa shape index (κ1) is 30.6. The Morgan fingerprint density at radius 3 is 2.23 bits per heavy atom. The third kappa shape index (κ3) is 7.36. The first-order valence-corrected chi connectivity index (χ1v) is 14.5. The molecule has 0 saturated heterocycles. The third-order valence-corrected chi connectivity index (χ3v) is 8.71. The molecule has 8 nitrogen and oxygen atoms in total. The molecule has 0 spiro atoms. The molecule has 3 rings (SSSR count). The average Bonchev–Trinajstić information content (AvgIpc) is 2.92. The van der Waals surface area contributed by atoms with Gasteiger partial charge < -0.3 is 15.0 Å². The molecule has 208 valence electrons. The molecular formula is C27H28Cl3N3O5S. The lowest BCUT2D eigenvalue weighted by molar-refractivity contribution is -0.139.